The molecule has 1 aromatic rings. The van der Waals surface area contributed by atoms with Gasteiger partial charge in [0, 0.05) is 22.9 Å². The van der Waals surface area contributed by atoms with Crippen LogP contribution in [0.2, 0.25) is 0 Å². The highest BCUT2D eigenvalue weighted by molar-refractivity contribution is 7.14. The molecular weight excluding hydrogens is 240 g/mol. The van der Waals surface area contributed by atoms with Crippen molar-refractivity contribution < 1.29 is 9.53 Å². The average Bonchev–Trinajstić information content (AvgIpc) is 2.75. The summed E-state index contributed by atoms with van der Waals surface area (Å²) in [6, 6.07) is 3.48. The van der Waals surface area contributed by atoms with Gasteiger partial charge in [0.15, 0.2) is 0 Å². The van der Waals surface area contributed by atoms with Crippen molar-refractivity contribution in [1.82, 2.24) is 5.32 Å². The Morgan fingerprint density at radius 2 is 2.47 bits per heavy atom. The zero-order valence-electron chi connectivity index (χ0n) is 9.71. The summed E-state index contributed by atoms with van der Waals surface area (Å²) in [5.74, 6) is -0.133. The number of nitrogens with one attached hydrogen (secondary N) is 1. The summed E-state index contributed by atoms with van der Waals surface area (Å²) < 4.78 is 4.93. The molecule has 1 heterocycles. The Morgan fingerprint density at radius 1 is 1.71 bits per heavy atom. The number of carbonyl (C=O) groups excluding carboxylic acids is 1. The highest BCUT2D eigenvalue weighted by atomic mass is 32.1. The second-order valence-corrected chi connectivity index (χ2v) is 4.65. The minimum atomic E-state index is -0.133. The molecule has 0 saturated carbocycles. The summed E-state index contributed by atoms with van der Waals surface area (Å²) in [5, 5.41) is 6.25. The number of thiophene rings is 1. The summed E-state index contributed by atoms with van der Waals surface area (Å²) >= 11 is 1.32. The van der Waals surface area contributed by atoms with E-state index in [0.29, 0.717) is 11.5 Å². The van der Waals surface area contributed by atoms with E-state index in [2.05, 4.69) is 15.3 Å². The highest BCUT2D eigenvalue weighted by Gasteiger charge is 2.11. The maximum atomic E-state index is 11.8. The van der Waals surface area contributed by atoms with Crippen LogP contribution < -0.4 is 5.32 Å². The monoisotopic (exact) mass is 254 g/mol. The van der Waals surface area contributed by atoms with Crippen molar-refractivity contribution in [1.29, 1.82) is 0 Å². The summed E-state index contributed by atoms with van der Waals surface area (Å²) in [6.45, 7) is 2.63. The molecule has 0 aromatic carbocycles. The van der Waals surface area contributed by atoms with E-state index in [0.717, 1.165) is 4.88 Å². The van der Waals surface area contributed by atoms with Crippen LogP contribution in [0.25, 0.3) is 10.4 Å². The lowest BCUT2D eigenvalue weighted by molar-refractivity contribution is 0.0909. The molecule has 0 aliphatic heterocycles. The normalized spacial score (nSPS) is 11.6. The first-order chi connectivity index (χ1) is 8.17. The number of azide groups is 1. The Hall–Kier alpha value is -1.56. The van der Waals surface area contributed by atoms with Gasteiger partial charge in [-0.25, -0.2) is 0 Å². The standard InChI is InChI=1S/C10H14N4O2S/c1-7(6-16-2)13-10(15)9-4-3-8(17-9)5-12-14-11/h3-4,7H,5-6H2,1-2H3,(H,13,15). The van der Waals surface area contributed by atoms with Crippen molar-refractivity contribution in [2.45, 2.75) is 19.5 Å². The summed E-state index contributed by atoms with van der Waals surface area (Å²) in [7, 11) is 1.59. The van der Waals surface area contributed by atoms with Crippen molar-refractivity contribution in [2.75, 3.05) is 13.7 Å². The van der Waals surface area contributed by atoms with Crippen LogP contribution in [-0.4, -0.2) is 25.7 Å². The smallest absolute Gasteiger partial charge is 0.261 e. The first kappa shape index (κ1) is 13.5. The molecule has 1 amide bonds. The van der Waals surface area contributed by atoms with Gasteiger partial charge in [0.05, 0.1) is 18.0 Å². The van der Waals surface area contributed by atoms with Crippen LogP contribution in [0.3, 0.4) is 0 Å². The zero-order valence-corrected chi connectivity index (χ0v) is 10.5. The van der Waals surface area contributed by atoms with Gasteiger partial charge in [-0.15, -0.1) is 11.3 Å². The second-order valence-electron chi connectivity index (χ2n) is 3.48. The molecule has 0 aliphatic carbocycles. The molecule has 0 radical (unpaired) electrons. The van der Waals surface area contributed by atoms with Crippen LogP contribution in [0, 0.1) is 0 Å². The number of hydrogen-bond acceptors (Lipinski definition) is 4. The predicted molar refractivity (Wildman–Crippen MR) is 66.0 cm³/mol. The second kappa shape index (κ2) is 6.90. The third-order valence-electron chi connectivity index (χ3n) is 1.97. The molecule has 1 aromatic heterocycles. The predicted octanol–water partition coefficient (Wildman–Crippen LogP) is 2.32. The van der Waals surface area contributed by atoms with Crippen LogP contribution in [0.4, 0.5) is 0 Å². The van der Waals surface area contributed by atoms with Crippen LogP contribution >= 0.6 is 11.3 Å². The topological polar surface area (TPSA) is 87.1 Å². The van der Waals surface area contributed by atoms with Crippen molar-refractivity contribution in [2.24, 2.45) is 5.11 Å². The van der Waals surface area contributed by atoms with Crippen molar-refractivity contribution in [3.63, 3.8) is 0 Å². The quantitative estimate of drug-likeness (QED) is 0.479. The van der Waals surface area contributed by atoms with Gasteiger partial charge in [0.25, 0.3) is 5.91 Å². The van der Waals surface area contributed by atoms with E-state index in [1.165, 1.54) is 11.3 Å². The van der Waals surface area contributed by atoms with E-state index in [4.69, 9.17) is 10.3 Å². The van der Waals surface area contributed by atoms with E-state index in [-0.39, 0.29) is 18.5 Å². The first-order valence-electron chi connectivity index (χ1n) is 5.06. The summed E-state index contributed by atoms with van der Waals surface area (Å²) in [4.78, 5) is 15.9. The number of rotatable bonds is 6. The number of carbonyl (C=O) groups is 1. The van der Waals surface area contributed by atoms with Gasteiger partial charge in [-0.1, -0.05) is 5.11 Å². The molecule has 1 rings (SSSR count). The lowest BCUT2D eigenvalue weighted by atomic mass is 10.3. The van der Waals surface area contributed by atoms with Gasteiger partial charge in [-0.3, -0.25) is 4.79 Å². The molecule has 0 spiro atoms. The molecule has 0 saturated heterocycles. The van der Waals surface area contributed by atoms with Crippen molar-refractivity contribution in [3.8, 4) is 0 Å². The molecule has 1 N–H and O–H groups in total. The van der Waals surface area contributed by atoms with Gasteiger partial charge < -0.3 is 10.1 Å². The van der Waals surface area contributed by atoms with Crippen molar-refractivity contribution in [3.05, 3.63) is 32.3 Å². The molecule has 7 heteroatoms. The summed E-state index contributed by atoms with van der Waals surface area (Å²) in [6.07, 6.45) is 0. The van der Waals surface area contributed by atoms with Crippen LogP contribution in [0.5, 0.6) is 0 Å². The Bertz CT molecular complexity index is 426. The Balaban J connectivity index is 2.57. The maximum Gasteiger partial charge on any atom is 0.261 e. The van der Waals surface area contributed by atoms with E-state index >= 15 is 0 Å². The van der Waals surface area contributed by atoms with E-state index in [1.807, 2.05) is 6.92 Å². The Labute approximate surface area is 103 Å². The van der Waals surface area contributed by atoms with Crippen molar-refractivity contribution >= 4 is 17.2 Å². The number of amides is 1. The Morgan fingerprint density at radius 3 is 3.12 bits per heavy atom. The lowest BCUT2D eigenvalue weighted by Crippen LogP contribution is -2.35. The third-order valence-corrected chi connectivity index (χ3v) is 3.04. The first-order valence-corrected chi connectivity index (χ1v) is 5.88. The third kappa shape index (κ3) is 4.44. The van der Waals surface area contributed by atoms with E-state index in [9.17, 15) is 4.79 Å². The molecule has 17 heavy (non-hydrogen) atoms. The van der Waals surface area contributed by atoms with Gasteiger partial charge in [0.1, 0.15) is 0 Å². The molecule has 1 atom stereocenters. The number of ether oxygens (including phenoxy) is 1. The molecule has 0 bridgehead atoms. The van der Waals surface area contributed by atoms with Crippen LogP contribution in [-0.2, 0) is 11.3 Å². The fourth-order valence-corrected chi connectivity index (χ4v) is 2.10. The molecule has 92 valence electrons. The highest BCUT2D eigenvalue weighted by Crippen LogP contribution is 2.17. The number of hydrogen-bond donors (Lipinski definition) is 1. The SMILES string of the molecule is COCC(C)NC(=O)c1ccc(CN=[N+]=[N-])s1. The van der Waals surface area contributed by atoms with Gasteiger partial charge >= 0.3 is 0 Å². The minimum Gasteiger partial charge on any atom is -0.383 e. The molecule has 6 nitrogen and oxygen atoms in total. The fraction of sp³-hybridized carbons (Fsp3) is 0.500. The minimum absolute atomic E-state index is 0.0322. The molecular formula is C10H14N4O2S. The van der Waals surface area contributed by atoms with Gasteiger partial charge in [-0.05, 0) is 24.6 Å². The number of nitrogens with zero attached hydrogens (tertiary/aromatic N) is 3. The number of methoxy groups -OCH3 is 1. The maximum absolute atomic E-state index is 11.8. The van der Waals surface area contributed by atoms with E-state index < -0.39 is 0 Å². The largest absolute Gasteiger partial charge is 0.383 e. The van der Waals surface area contributed by atoms with Gasteiger partial charge in [-0.2, -0.15) is 0 Å². The fourth-order valence-electron chi connectivity index (χ4n) is 1.27. The molecule has 0 fully saturated rings. The van der Waals surface area contributed by atoms with Crippen LogP contribution in [0.1, 0.15) is 21.5 Å². The summed E-state index contributed by atoms with van der Waals surface area (Å²) in [5.41, 5.74) is 8.19. The average molecular weight is 254 g/mol. The van der Waals surface area contributed by atoms with E-state index in [1.54, 1.807) is 19.2 Å². The molecule has 0 aliphatic rings. The molecule has 1 unspecified atom stereocenters. The van der Waals surface area contributed by atoms with Crippen LogP contribution in [0.15, 0.2) is 17.2 Å². The zero-order chi connectivity index (χ0) is 12.7. The Kier molecular flexibility index (Phi) is 5.48. The lowest BCUT2D eigenvalue weighted by Gasteiger charge is -2.11. The van der Waals surface area contributed by atoms with Gasteiger partial charge in [0.2, 0.25) is 0 Å².